The Morgan fingerprint density at radius 3 is 2.12 bits per heavy atom. The first-order valence-electron chi connectivity index (χ1n) is 9.83. The lowest BCUT2D eigenvalue weighted by Crippen LogP contribution is -2.30. The molecule has 0 spiro atoms. The largest absolute Gasteiger partial charge is 0.449 e. The van der Waals surface area contributed by atoms with Crippen molar-refractivity contribution in [3.63, 3.8) is 0 Å². The van der Waals surface area contributed by atoms with Crippen LogP contribution in [0.25, 0.3) is 6.08 Å². The average Bonchev–Trinajstić information content (AvgIpc) is 2.72. The standard InChI is InChI=1S/C22H24F2N2O6S/c1-14(2)26-33(29,30)19-11-7-17(8-12-19)25-21(28)15(3)31-20(27)13-6-16-4-9-18(10-5-16)32-22(23)24/h4-15,22,26H,1-3H3,(H,25,28)/b13-6+. The summed E-state index contributed by atoms with van der Waals surface area (Å²) in [4.78, 5) is 24.3. The van der Waals surface area contributed by atoms with Crippen LogP contribution >= 0.6 is 0 Å². The first kappa shape index (κ1) is 25.9. The highest BCUT2D eigenvalue weighted by Crippen LogP contribution is 2.16. The molecular weight excluding hydrogens is 458 g/mol. The van der Waals surface area contributed by atoms with Gasteiger partial charge in [0, 0.05) is 17.8 Å². The maximum Gasteiger partial charge on any atom is 0.387 e. The first-order valence-corrected chi connectivity index (χ1v) is 11.3. The zero-order valence-electron chi connectivity index (χ0n) is 18.1. The quantitative estimate of drug-likeness (QED) is 0.396. The zero-order chi connectivity index (χ0) is 24.6. The van der Waals surface area contributed by atoms with Crippen molar-refractivity contribution in [3.8, 4) is 5.75 Å². The van der Waals surface area contributed by atoms with Crippen molar-refractivity contribution in [2.45, 2.75) is 44.4 Å². The molecule has 0 saturated carbocycles. The minimum absolute atomic E-state index is 0.0168. The van der Waals surface area contributed by atoms with E-state index in [0.717, 1.165) is 6.08 Å². The Labute approximate surface area is 190 Å². The van der Waals surface area contributed by atoms with Gasteiger partial charge in [0.05, 0.1) is 4.90 Å². The predicted molar refractivity (Wildman–Crippen MR) is 118 cm³/mol. The number of alkyl halides is 2. The van der Waals surface area contributed by atoms with Crippen LogP contribution < -0.4 is 14.8 Å². The lowest BCUT2D eigenvalue weighted by atomic mass is 10.2. The van der Waals surface area contributed by atoms with Crippen LogP contribution in [0.3, 0.4) is 0 Å². The van der Waals surface area contributed by atoms with Crippen LogP contribution in [0.5, 0.6) is 5.75 Å². The van der Waals surface area contributed by atoms with Crippen molar-refractivity contribution in [2.24, 2.45) is 0 Å². The third-order valence-electron chi connectivity index (χ3n) is 4.00. The van der Waals surface area contributed by atoms with Crippen LogP contribution in [0.4, 0.5) is 14.5 Å². The number of benzene rings is 2. The SMILES string of the molecule is CC(C)NS(=O)(=O)c1ccc(NC(=O)C(C)OC(=O)/C=C/c2ccc(OC(F)F)cc2)cc1. The van der Waals surface area contributed by atoms with E-state index in [9.17, 15) is 26.8 Å². The molecule has 2 rings (SSSR count). The summed E-state index contributed by atoms with van der Waals surface area (Å²) < 4.78 is 60.3. The fraction of sp³-hybridized carbons (Fsp3) is 0.273. The number of carbonyl (C=O) groups is 2. The fourth-order valence-electron chi connectivity index (χ4n) is 2.53. The number of amides is 1. The van der Waals surface area contributed by atoms with E-state index >= 15 is 0 Å². The van der Waals surface area contributed by atoms with E-state index in [2.05, 4.69) is 14.8 Å². The van der Waals surface area contributed by atoms with E-state index in [-0.39, 0.29) is 16.7 Å². The van der Waals surface area contributed by atoms with Crippen molar-refractivity contribution < 1.29 is 36.3 Å². The summed E-state index contributed by atoms with van der Waals surface area (Å²) in [5, 5.41) is 2.53. The van der Waals surface area contributed by atoms with Crippen molar-refractivity contribution in [3.05, 3.63) is 60.2 Å². The van der Waals surface area contributed by atoms with Crippen LogP contribution in [-0.4, -0.2) is 39.1 Å². The monoisotopic (exact) mass is 482 g/mol. The van der Waals surface area contributed by atoms with Gasteiger partial charge in [-0.1, -0.05) is 12.1 Å². The predicted octanol–water partition coefficient (Wildman–Crippen LogP) is 3.56. The average molecular weight is 483 g/mol. The second kappa shape index (κ2) is 11.5. The summed E-state index contributed by atoms with van der Waals surface area (Å²) in [6, 6.07) is 10.8. The topological polar surface area (TPSA) is 111 Å². The van der Waals surface area contributed by atoms with Crippen LogP contribution in [0.1, 0.15) is 26.3 Å². The van der Waals surface area contributed by atoms with Gasteiger partial charge in [0.25, 0.3) is 5.91 Å². The van der Waals surface area contributed by atoms with Crippen molar-refractivity contribution in [1.82, 2.24) is 4.72 Å². The molecule has 11 heteroatoms. The number of carbonyl (C=O) groups excluding carboxylic acids is 2. The van der Waals surface area contributed by atoms with Gasteiger partial charge in [0.15, 0.2) is 6.10 Å². The third-order valence-corrected chi connectivity index (χ3v) is 5.68. The highest BCUT2D eigenvalue weighted by Gasteiger charge is 2.18. The molecule has 2 N–H and O–H groups in total. The molecule has 0 radical (unpaired) electrons. The molecule has 2 aromatic carbocycles. The number of esters is 1. The highest BCUT2D eigenvalue weighted by atomic mass is 32.2. The molecule has 0 aromatic heterocycles. The summed E-state index contributed by atoms with van der Waals surface area (Å²) >= 11 is 0. The normalized spacial score (nSPS) is 12.7. The summed E-state index contributed by atoms with van der Waals surface area (Å²) in [6.45, 7) is 1.85. The van der Waals surface area contributed by atoms with E-state index in [0.29, 0.717) is 11.3 Å². The molecule has 1 amide bonds. The molecule has 0 aliphatic rings. The highest BCUT2D eigenvalue weighted by molar-refractivity contribution is 7.89. The first-order chi connectivity index (χ1) is 15.5. The summed E-state index contributed by atoms with van der Waals surface area (Å²) in [6.07, 6.45) is 1.35. The number of nitrogens with one attached hydrogen (secondary N) is 2. The van der Waals surface area contributed by atoms with Gasteiger partial charge in [0.1, 0.15) is 5.75 Å². The van der Waals surface area contributed by atoms with Crippen LogP contribution in [0.15, 0.2) is 59.5 Å². The Bertz CT molecular complexity index is 1080. The number of hydrogen-bond donors (Lipinski definition) is 2. The molecule has 0 saturated heterocycles. The van der Waals surface area contributed by atoms with Gasteiger partial charge in [-0.3, -0.25) is 4.79 Å². The lowest BCUT2D eigenvalue weighted by molar-refractivity contribution is -0.148. The van der Waals surface area contributed by atoms with Gasteiger partial charge in [-0.15, -0.1) is 0 Å². The van der Waals surface area contributed by atoms with Crippen LogP contribution in [0.2, 0.25) is 0 Å². The zero-order valence-corrected chi connectivity index (χ0v) is 18.9. The van der Waals surface area contributed by atoms with E-state index in [4.69, 9.17) is 4.74 Å². The summed E-state index contributed by atoms with van der Waals surface area (Å²) in [5.74, 6) is -1.41. The Balaban J connectivity index is 1.89. The Kier molecular flexibility index (Phi) is 9.06. The van der Waals surface area contributed by atoms with Gasteiger partial charge in [-0.05, 0) is 68.8 Å². The van der Waals surface area contributed by atoms with Gasteiger partial charge in [-0.2, -0.15) is 8.78 Å². The molecule has 33 heavy (non-hydrogen) atoms. The summed E-state index contributed by atoms with van der Waals surface area (Å²) in [5.41, 5.74) is 0.862. The fourth-order valence-corrected chi connectivity index (χ4v) is 3.78. The smallest absolute Gasteiger partial charge is 0.387 e. The Hall–Kier alpha value is -3.31. The second-order valence-corrected chi connectivity index (χ2v) is 8.86. The van der Waals surface area contributed by atoms with Gasteiger partial charge in [-0.25, -0.2) is 17.9 Å². The second-order valence-electron chi connectivity index (χ2n) is 7.15. The maximum atomic E-state index is 12.3. The van der Waals surface area contributed by atoms with Gasteiger partial charge >= 0.3 is 12.6 Å². The Morgan fingerprint density at radius 2 is 1.58 bits per heavy atom. The molecule has 0 bridgehead atoms. The molecule has 1 unspecified atom stereocenters. The van der Waals surface area contributed by atoms with E-state index < -0.39 is 34.6 Å². The summed E-state index contributed by atoms with van der Waals surface area (Å²) in [7, 11) is -3.65. The third kappa shape index (κ3) is 8.62. The number of rotatable bonds is 10. The lowest BCUT2D eigenvalue weighted by Gasteiger charge is -2.13. The molecule has 0 heterocycles. The number of hydrogen-bond acceptors (Lipinski definition) is 6. The van der Waals surface area contributed by atoms with Crippen molar-refractivity contribution in [2.75, 3.05) is 5.32 Å². The molecular formula is C22H24F2N2O6S. The van der Waals surface area contributed by atoms with E-state index in [1.807, 2.05) is 0 Å². The van der Waals surface area contributed by atoms with E-state index in [1.54, 1.807) is 13.8 Å². The van der Waals surface area contributed by atoms with Crippen LogP contribution in [-0.2, 0) is 24.3 Å². The van der Waals surface area contributed by atoms with Crippen molar-refractivity contribution in [1.29, 1.82) is 0 Å². The van der Waals surface area contributed by atoms with Crippen molar-refractivity contribution >= 4 is 33.7 Å². The molecule has 0 fully saturated rings. The van der Waals surface area contributed by atoms with Gasteiger partial charge in [0.2, 0.25) is 10.0 Å². The number of anilines is 1. The number of sulfonamides is 1. The minimum atomic E-state index is -3.65. The Morgan fingerprint density at radius 1 is 0.970 bits per heavy atom. The molecule has 0 aliphatic carbocycles. The minimum Gasteiger partial charge on any atom is -0.449 e. The molecule has 8 nitrogen and oxygen atoms in total. The molecule has 0 aliphatic heterocycles. The molecule has 1 atom stereocenters. The van der Waals surface area contributed by atoms with E-state index in [1.165, 1.54) is 61.5 Å². The number of halogens is 2. The molecule has 178 valence electrons. The van der Waals surface area contributed by atoms with Crippen LogP contribution in [0, 0.1) is 0 Å². The molecule has 2 aromatic rings. The maximum absolute atomic E-state index is 12.3. The number of ether oxygens (including phenoxy) is 2. The van der Waals surface area contributed by atoms with Gasteiger partial charge < -0.3 is 14.8 Å².